The van der Waals surface area contributed by atoms with Crippen molar-refractivity contribution < 1.29 is 13.2 Å². The molecule has 0 aromatic carbocycles. The van der Waals surface area contributed by atoms with Crippen molar-refractivity contribution in [2.45, 2.75) is 19.0 Å². The Bertz CT molecular complexity index is 131. The molecule has 0 bridgehead atoms. The Morgan fingerprint density at radius 1 is 1.50 bits per heavy atom. The van der Waals surface area contributed by atoms with Crippen LogP contribution in [0.15, 0.2) is 12.7 Å². The van der Waals surface area contributed by atoms with E-state index < -0.39 is 12.6 Å². The van der Waals surface area contributed by atoms with E-state index in [1.807, 2.05) is 0 Å². The third-order valence-electron chi connectivity index (χ3n) is 1.51. The summed E-state index contributed by atoms with van der Waals surface area (Å²) in [6, 6.07) is 0. The lowest BCUT2D eigenvalue weighted by Crippen LogP contribution is -2.24. The number of hydrogen-bond acceptors (Lipinski definition) is 1. The van der Waals surface area contributed by atoms with Crippen LogP contribution in [0.4, 0.5) is 13.2 Å². The van der Waals surface area contributed by atoms with Gasteiger partial charge in [0, 0.05) is 6.42 Å². The molecular formula is C8H14F3N. The van der Waals surface area contributed by atoms with Gasteiger partial charge < -0.3 is 5.32 Å². The van der Waals surface area contributed by atoms with Crippen LogP contribution >= 0.6 is 0 Å². The predicted molar refractivity (Wildman–Crippen MR) is 42.9 cm³/mol. The van der Waals surface area contributed by atoms with Crippen LogP contribution in [-0.2, 0) is 0 Å². The van der Waals surface area contributed by atoms with Gasteiger partial charge in [0.15, 0.2) is 0 Å². The van der Waals surface area contributed by atoms with Crippen LogP contribution < -0.4 is 5.32 Å². The van der Waals surface area contributed by atoms with Gasteiger partial charge in [0.05, 0.1) is 0 Å². The van der Waals surface area contributed by atoms with E-state index >= 15 is 0 Å². The highest BCUT2D eigenvalue weighted by atomic mass is 19.4. The van der Waals surface area contributed by atoms with Gasteiger partial charge in [-0.15, -0.1) is 6.58 Å². The average molecular weight is 181 g/mol. The molecule has 0 spiro atoms. The van der Waals surface area contributed by atoms with Crippen LogP contribution in [0.2, 0.25) is 0 Å². The van der Waals surface area contributed by atoms with Crippen LogP contribution in [-0.4, -0.2) is 19.8 Å². The summed E-state index contributed by atoms with van der Waals surface area (Å²) in [5.41, 5.74) is 0. The molecule has 0 rings (SSSR count). The minimum Gasteiger partial charge on any atom is -0.319 e. The number of allylic oxidation sites excluding steroid dienone is 1. The molecule has 0 fully saturated rings. The van der Waals surface area contributed by atoms with Crippen LogP contribution in [0, 0.1) is 5.92 Å². The van der Waals surface area contributed by atoms with Crippen molar-refractivity contribution in [2.24, 2.45) is 5.92 Å². The maximum Gasteiger partial charge on any atom is 0.389 e. The quantitative estimate of drug-likeness (QED) is 0.642. The van der Waals surface area contributed by atoms with E-state index in [4.69, 9.17) is 0 Å². The van der Waals surface area contributed by atoms with E-state index in [-0.39, 0.29) is 5.92 Å². The van der Waals surface area contributed by atoms with Crippen LogP contribution in [0.3, 0.4) is 0 Å². The van der Waals surface area contributed by atoms with Crippen LogP contribution in [0.25, 0.3) is 0 Å². The molecule has 0 aliphatic rings. The van der Waals surface area contributed by atoms with Gasteiger partial charge in [0.2, 0.25) is 0 Å². The van der Waals surface area contributed by atoms with Crippen molar-refractivity contribution in [1.29, 1.82) is 0 Å². The van der Waals surface area contributed by atoms with Gasteiger partial charge in [-0.1, -0.05) is 6.08 Å². The molecule has 0 aromatic heterocycles. The summed E-state index contributed by atoms with van der Waals surface area (Å²) >= 11 is 0. The minimum atomic E-state index is -4.06. The highest BCUT2D eigenvalue weighted by Gasteiger charge is 2.30. The van der Waals surface area contributed by atoms with Crippen molar-refractivity contribution in [2.75, 3.05) is 13.6 Å². The molecular weight excluding hydrogens is 167 g/mol. The molecule has 0 saturated heterocycles. The molecule has 0 radical (unpaired) electrons. The summed E-state index contributed by atoms with van der Waals surface area (Å²) in [5.74, 6) is -0.382. The SMILES string of the molecule is C=CCC(CNC)CC(F)(F)F. The second-order valence-electron chi connectivity index (χ2n) is 2.77. The lowest BCUT2D eigenvalue weighted by Gasteiger charge is -2.16. The smallest absolute Gasteiger partial charge is 0.319 e. The third kappa shape index (κ3) is 6.22. The Balaban J connectivity index is 3.85. The molecule has 0 aliphatic carbocycles. The zero-order valence-electron chi connectivity index (χ0n) is 7.12. The number of hydrogen-bond donors (Lipinski definition) is 1. The molecule has 0 aliphatic heterocycles. The standard InChI is InChI=1S/C8H14F3N/c1-3-4-7(6-12-2)5-8(9,10)11/h3,7,12H,1,4-6H2,2H3. The monoisotopic (exact) mass is 181 g/mol. The van der Waals surface area contributed by atoms with Crippen LogP contribution in [0.1, 0.15) is 12.8 Å². The van der Waals surface area contributed by atoms with E-state index in [1.54, 1.807) is 7.05 Å². The van der Waals surface area contributed by atoms with Gasteiger partial charge in [-0.3, -0.25) is 0 Å². The molecule has 0 amide bonds. The molecule has 0 heterocycles. The lowest BCUT2D eigenvalue weighted by atomic mass is 10.0. The van der Waals surface area contributed by atoms with Crippen molar-refractivity contribution >= 4 is 0 Å². The molecule has 12 heavy (non-hydrogen) atoms. The molecule has 0 saturated carbocycles. The minimum absolute atomic E-state index is 0.380. The van der Waals surface area contributed by atoms with Crippen molar-refractivity contribution in [3.63, 3.8) is 0 Å². The second-order valence-corrected chi connectivity index (χ2v) is 2.77. The van der Waals surface area contributed by atoms with Gasteiger partial charge in [-0.2, -0.15) is 13.2 Å². The molecule has 0 aromatic rings. The molecule has 1 N–H and O–H groups in total. The van der Waals surface area contributed by atoms with Gasteiger partial charge in [-0.25, -0.2) is 0 Å². The molecule has 1 unspecified atom stereocenters. The lowest BCUT2D eigenvalue weighted by molar-refractivity contribution is -0.143. The van der Waals surface area contributed by atoms with E-state index in [2.05, 4.69) is 11.9 Å². The first-order valence-electron chi connectivity index (χ1n) is 3.82. The zero-order chi connectivity index (χ0) is 9.61. The van der Waals surface area contributed by atoms with E-state index in [0.717, 1.165) is 0 Å². The first-order chi connectivity index (χ1) is 5.49. The summed E-state index contributed by atoms with van der Waals surface area (Å²) < 4.78 is 35.7. The second kappa shape index (κ2) is 5.19. The number of nitrogens with one attached hydrogen (secondary N) is 1. The Labute approximate surface area is 70.7 Å². The Kier molecular flexibility index (Phi) is 4.97. The van der Waals surface area contributed by atoms with Crippen molar-refractivity contribution in [1.82, 2.24) is 5.32 Å². The van der Waals surface area contributed by atoms with Gasteiger partial charge in [0.1, 0.15) is 0 Å². The van der Waals surface area contributed by atoms with E-state index in [9.17, 15) is 13.2 Å². The van der Waals surface area contributed by atoms with Crippen LogP contribution in [0.5, 0.6) is 0 Å². The molecule has 1 atom stereocenters. The Hall–Kier alpha value is -0.510. The summed E-state index contributed by atoms with van der Waals surface area (Å²) in [6.07, 6.45) is -2.88. The van der Waals surface area contributed by atoms with Gasteiger partial charge >= 0.3 is 6.18 Å². The molecule has 1 nitrogen and oxygen atoms in total. The Morgan fingerprint density at radius 2 is 2.08 bits per heavy atom. The summed E-state index contributed by atoms with van der Waals surface area (Å²) in [5, 5.41) is 2.73. The fourth-order valence-corrected chi connectivity index (χ4v) is 1.09. The average Bonchev–Trinajstić information content (AvgIpc) is 1.84. The van der Waals surface area contributed by atoms with E-state index in [1.165, 1.54) is 6.08 Å². The first-order valence-corrected chi connectivity index (χ1v) is 3.82. The maximum absolute atomic E-state index is 11.9. The normalized spacial score (nSPS) is 14.3. The fourth-order valence-electron chi connectivity index (χ4n) is 1.09. The maximum atomic E-state index is 11.9. The zero-order valence-corrected chi connectivity index (χ0v) is 7.12. The highest BCUT2D eigenvalue weighted by Crippen LogP contribution is 2.26. The van der Waals surface area contributed by atoms with Gasteiger partial charge in [-0.05, 0) is 25.9 Å². The third-order valence-corrected chi connectivity index (χ3v) is 1.51. The largest absolute Gasteiger partial charge is 0.389 e. The predicted octanol–water partition coefficient (Wildman–Crippen LogP) is 2.35. The summed E-state index contributed by atoms with van der Waals surface area (Å²) in [6.45, 7) is 3.80. The van der Waals surface area contributed by atoms with E-state index in [0.29, 0.717) is 13.0 Å². The van der Waals surface area contributed by atoms with Crippen molar-refractivity contribution in [3.8, 4) is 0 Å². The number of rotatable bonds is 5. The Morgan fingerprint density at radius 3 is 2.42 bits per heavy atom. The highest BCUT2D eigenvalue weighted by molar-refractivity contribution is 4.76. The summed E-state index contributed by atoms with van der Waals surface area (Å²) in [4.78, 5) is 0. The van der Waals surface area contributed by atoms with Gasteiger partial charge in [0.25, 0.3) is 0 Å². The summed E-state index contributed by atoms with van der Waals surface area (Å²) in [7, 11) is 1.65. The number of halogens is 3. The van der Waals surface area contributed by atoms with Crippen molar-refractivity contribution in [3.05, 3.63) is 12.7 Å². The molecule has 4 heteroatoms. The first kappa shape index (κ1) is 11.5. The fraction of sp³-hybridized carbons (Fsp3) is 0.750. The number of alkyl halides is 3. The molecule has 72 valence electrons. The topological polar surface area (TPSA) is 12.0 Å².